The second-order valence-electron chi connectivity index (χ2n) is 4.68. The van der Waals surface area contributed by atoms with Crippen molar-refractivity contribution in [2.24, 2.45) is 5.73 Å². The fraction of sp³-hybridized carbons (Fsp3) is 0.267. The van der Waals surface area contributed by atoms with Crippen LogP contribution in [-0.4, -0.2) is 37.1 Å². The SMILES string of the molecule is C[C@@H](OC(=O)C1=COCCO1)C(=O)Nc1ccc(C(N)=O)cc1. The summed E-state index contributed by atoms with van der Waals surface area (Å²) in [5.74, 6) is -1.95. The minimum Gasteiger partial charge on any atom is -0.493 e. The van der Waals surface area contributed by atoms with Crippen LogP contribution < -0.4 is 11.1 Å². The number of hydrogen-bond donors (Lipinski definition) is 2. The number of anilines is 1. The molecule has 1 aromatic rings. The number of hydrogen-bond acceptors (Lipinski definition) is 6. The smallest absolute Gasteiger partial charge is 0.377 e. The van der Waals surface area contributed by atoms with E-state index in [9.17, 15) is 14.4 Å². The fourth-order valence-corrected chi connectivity index (χ4v) is 1.71. The molecule has 0 radical (unpaired) electrons. The van der Waals surface area contributed by atoms with Crippen LogP contribution in [0.15, 0.2) is 36.3 Å². The van der Waals surface area contributed by atoms with Gasteiger partial charge in [-0.25, -0.2) is 4.79 Å². The van der Waals surface area contributed by atoms with Crippen LogP contribution in [0, 0.1) is 0 Å². The van der Waals surface area contributed by atoms with Gasteiger partial charge < -0.3 is 25.3 Å². The van der Waals surface area contributed by atoms with E-state index in [-0.39, 0.29) is 12.4 Å². The molecule has 23 heavy (non-hydrogen) atoms. The van der Waals surface area contributed by atoms with E-state index in [0.717, 1.165) is 6.26 Å². The predicted molar refractivity (Wildman–Crippen MR) is 79.1 cm³/mol. The fourth-order valence-electron chi connectivity index (χ4n) is 1.71. The van der Waals surface area contributed by atoms with Crippen molar-refractivity contribution in [2.75, 3.05) is 18.5 Å². The average Bonchev–Trinajstić information content (AvgIpc) is 2.56. The highest BCUT2D eigenvalue weighted by Crippen LogP contribution is 2.12. The van der Waals surface area contributed by atoms with Gasteiger partial charge in [-0.15, -0.1) is 0 Å². The summed E-state index contributed by atoms with van der Waals surface area (Å²) in [5.41, 5.74) is 5.89. The molecule has 1 aliphatic heterocycles. The maximum absolute atomic E-state index is 12.0. The number of amides is 2. The van der Waals surface area contributed by atoms with Gasteiger partial charge in [-0.2, -0.15) is 0 Å². The van der Waals surface area contributed by atoms with E-state index >= 15 is 0 Å². The maximum Gasteiger partial charge on any atom is 0.377 e. The summed E-state index contributed by atoms with van der Waals surface area (Å²) in [5, 5.41) is 2.56. The van der Waals surface area contributed by atoms with Crippen LogP contribution in [0.2, 0.25) is 0 Å². The van der Waals surface area contributed by atoms with E-state index in [1.807, 2.05) is 0 Å². The van der Waals surface area contributed by atoms with Gasteiger partial charge in [0.1, 0.15) is 19.5 Å². The van der Waals surface area contributed by atoms with Crippen molar-refractivity contribution in [1.82, 2.24) is 0 Å². The highest BCUT2D eigenvalue weighted by molar-refractivity contribution is 5.97. The molecule has 0 bridgehead atoms. The van der Waals surface area contributed by atoms with Gasteiger partial charge in [0.15, 0.2) is 6.10 Å². The van der Waals surface area contributed by atoms with Crippen molar-refractivity contribution in [3.05, 3.63) is 41.9 Å². The summed E-state index contributed by atoms with van der Waals surface area (Å²) in [6.45, 7) is 2.02. The highest BCUT2D eigenvalue weighted by atomic mass is 16.6. The molecule has 0 unspecified atom stereocenters. The summed E-state index contributed by atoms with van der Waals surface area (Å²) < 4.78 is 15.0. The summed E-state index contributed by atoms with van der Waals surface area (Å²) in [4.78, 5) is 34.7. The van der Waals surface area contributed by atoms with Crippen LogP contribution >= 0.6 is 0 Å². The number of nitrogens with one attached hydrogen (secondary N) is 1. The molecule has 1 aliphatic rings. The molecule has 8 heteroatoms. The molecular weight excluding hydrogens is 304 g/mol. The monoisotopic (exact) mass is 320 g/mol. The summed E-state index contributed by atoms with van der Waals surface area (Å²) in [7, 11) is 0. The van der Waals surface area contributed by atoms with E-state index < -0.39 is 23.9 Å². The first-order chi connectivity index (χ1) is 11.0. The van der Waals surface area contributed by atoms with Gasteiger partial charge in [0.2, 0.25) is 11.7 Å². The Morgan fingerprint density at radius 1 is 1.22 bits per heavy atom. The standard InChI is InChI=1S/C15H16N2O6/c1-9(23-15(20)12-8-21-6-7-22-12)14(19)17-11-4-2-10(3-5-11)13(16)18/h2-5,8-9H,6-7H2,1H3,(H2,16,18)(H,17,19)/t9-/m1/s1. The van der Waals surface area contributed by atoms with Crippen molar-refractivity contribution < 1.29 is 28.6 Å². The second-order valence-corrected chi connectivity index (χ2v) is 4.68. The Morgan fingerprint density at radius 3 is 2.48 bits per heavy atom. The van der Waals surface area contributed by atoms with Crippen molar-refractivity contribution in [3.8, 4) is 0 Å². The number of benzene rings is 1. The molecule has 0 saturated heterocycles. The third kappa shape index (κ3) is 4.47. The van der Waals surface area contributed by atoms with Crippen molar-refractivity contribution in [1.29, 1.82) is 0 Å². The Bertz CT molecular complexity index is 638. The zero-order valence-electron chi connectivity index (χ0n) is 12.4. The molecule has 8 nitrogen and oxygen atoms in total. The van der Waals surface area contributed by atoms with E-state index in [2.05, 4.69) is 5.32 Å². The van der Waals surface area contributed by atoms with Crippen LogP contribution in [-0.2, 0) is 23.8 Å². The Kier molecular flexibility index (Phi) is 5.19. The largest absolute Gasteiger partial charge is 0.493 e. The Labute approximate surface area is 132 Å². The first kappa shape index (κ1) is 16.3. The average molecular weight is 320 g/mol. The molecule has 1 aromatic carbocycles. The molecule has 122 valence electrons. The Hall–Kier alpha value is -3.03. The molecule has 1 atom stereocenters. The lowest BCUT2D eigenvalue weighted by atomic mass is 10.2. The number of rotatable bonds is 5. The maximum atomic E-state index is 12.0. The van der Waals surface area contributed by atoms with Crippen molar-refractivity contribution in [2.45, 2.75) is 13.0 Å². The Balaban J connectivity index is 1.90. The molecule has 0 fully saturated rings. The van der Waals surface area contributed by atoms with Crippen molar-refractivity contribution >= 4 is 23.5 Å². The Morgan fingerprint density at radius 2 is 1.91 bits per heavy atom. The van der Waals surface area contributed by atoms with E-state index in [1.54, 1.807) is 0 Å². The van der Waals surface area contributed by atoms with Gasteiger partial charge in [0, 0.05) is 11.3 Å². The van der Waals surface area contributed by atoms with Crippen molar-refractivity contribution in [3.63, 3.8) is 0 Å². The lowest BCUT2D eigenvalue weighted by Crippen LogP contribution is -2.31. The number of primary amides is 1. The molecular formula is C15H16N2O6. The molecule has 0 spiro atoms. The van der Waals surface area contributed by atoms with Gasteiger partial charge in [-0.3, -0.25) is 9.59 Å². The molecule has 2 rings (SSSR count). The number of esters is 1. The molecule has 3 N–H and O–H groups in total. The van der Waals surface area contributed by atoms with Gasteiger partial charge in [0.25, 0.3) is 5.91 Å². The van der Waals surface area contributed by atoms with Gasteiger partial charge in [0.05, 0.1) is 0 Å². The molecule has 0 aliphatic carbocycles. The second kappa shape index (κ2) is 7.30. The van der Waals surface area contributed by atoms with Gasteiger partial charge in [-0.05, 0) is 31.2 Å². The van der Waals surface area contributed by atoms with Gasteiger partial charge >= 0.3 is 5.97 Å². The lowest BCUT2D eigenvalue weighted by Gasteiger charge is -2.17. The quantitative estimate of drug-likeness (QED) is 0.765. The van der Waals surface area contributed by atoms with E-state index in [0.29, 0.717) is 17.9 Å². The van der Waals surface area contributed by atoms with Crippen LogP contribution in [0.3, 0.4) is 0 Å². The number of nitrogens with two attached hydrogens (primary N) is 1. The molecule has 1 heterocycles. The zero-order chi connectivity index (χ0) is 16.8. The molecule has 0 aromatic heterocycles. The third-order valence-electron chi connectivity index (χ3n) is 2.94. The minimum absolute atomic E-state index is 0.0817. The predicted octanol–water partition coefficient (Wildman–Crippen LogP) is 0.544. The summed E-state index contributed by atoms with van der Waals surface area (Å²) >= 11 is 0. The first-order valence-electron chi connectivity index (χ1n) is 6.83. The van der Waals surface area contributed by atoms with Crippen LogP contribution in [0.4, 0.5) is 5.69 Å². The number of carbonyl (C=O) groups excluding carboxylic acids is 3. The summed E-state index contributed by atoms with van der Waals surface area (Å²) in [6, 6.07) is 6.00. The molecule has 2 amide bonds. The normalized spacial score (nSPS) is 14.6. The van der Waals surface area contributed by atoms with E-state index in [1.165, 1.54) is 31.2 Å². The summed E-state index contributed by atoms with van der Waals surface area (Å²) in [6.07, 6.45) is 0.115. The van der Waals surface area contributed by atoms with Crippen LogP contribution in [0.5, 0.6) is 0 Å². The van der Waals surface area contributed by atoms with Crippen LogP contribution in [0.1, 0.15) is 17.3 Å². The number of carbonyl (C=O) groups is 3. The van der Waals surface area contributed by atoms with Crippen LogP contribution in [0.25, 0.3) is 0 Å². The minimum atomic E-state index is -1.04. The van der Waals surface area contributed by atoms with E-state index in [4.69, 9.17) is 19.9 Å². The van der Waals surface area contributed by atoms with Gasteiger partial charge in [-0.1, -0.05) is 0 Å². The lowest BCUT2D eigenvalue weighted by molar-refractivity contribution is -0.153. The topological polar surface area (TPSA) is 117 Å². The highest BCUT2D eigenvalue weighted by Gasteiger charge is 2.23. The third-order valence-corrected chi connectivity index (χ3v) is 2.94. The zero-order valence-corrected chi connectivity index (χ0v) is 12.4. The first-order valence-corrected chi connectivity index (χ1v) is 6.83. The molecule has 0 saturated carbocycles. The number of ether oxygens (including phenoxy) is 3.